The standard InChI is InChI=1S/C22H25N3O2S/c1-15(2)25-19-10-5-4-9-18(19)22(20(25)26)24(11-12-28-22)21(27)23-14-17-8-6-7-16(3)13-17/h4-10,13,15H,11-12,14H2,1-3H3,(H,23,27)/t22-/m1/s1. The third-order valence-corrected chi connectivity index (χ3v) is 6.75. The molecule has 6 heteroatoms. The molecule has 146 valence electrons. The Hall–Kier alpha value is -2.47. The van der Waals surface area contributed by atoms with Gasteiger partial charge in [0.1, 0.15) is 0 Å². The largest absolute Gasteiger partial charge is 0.334 e. The van der Waals surface area contributed by atoms with Crippen molar-refractivity contribution < 1.29 is 9.59 Å². The molecule has 1 saturated heterocycles. The molecule has 3 amide bonds. The number of carbonyl (C=O) groups is 2. The van der Waals surface area contributed by atoms with Crippen molar-refractivity contribution in [3.05, 3.63) is 65.2 Å². The Morgan fingerprint density at radius 1 is 1.21 bits per heavy atom. The maximum Gasteiger partial charge on any atom is 0.319 e. The normalized spacial score (nSPS) is 20.9. The molecule has 4 rings (SSSR count). The number of carbonyl (C=O) groups excluding carboxylic acids is 2. The Bertz CT molecular complexity index is 930. The van der Waals surface area contributed by atoms with Crippen LogP contribution in [0.4, 0.5) is 10.5 Å². The Morgan fingerprint density at radius 3 is 2.75 bits per heavy atom. The summed E-state index contributed by atoms with van der Waals surface area (Å²) in [6, 6.07) is 15.8. The smallest absolute Gasteiger partial charge is 0.319 e. The van der Waals surface area contributed by atoms with Gasteiger partial charge in [-0.25, -0.2) is 4.79 Å². The first-order valence-corrected chi connectivity index (χ1v) is 10.6. The molecule has 0 bridgehead atoms. The summed E-state index contributed by atoms with van der Waals surface area (Å²) in [6.45, 7) is 7.05. The molecule has 0 saturated carbocycles. The molecule has 28 heavy (non-hydrogen) atoms. The van der Waals surface area contributed by atoms with E-state index in [-0.39, 0.29) is 18.0 Å². The zero-order chi connectivity index (χ0) is 19.9. The van der Waals surface area contributed by atoms with Gasteiger partial charge in [0.2, 0.25) is 0 Å². The lowest BCUT2D eigenvalue weighted by atomic mass is 10.1. The molecule has 1 spiro atoms. The van der Waals surface area contributed by atoms with E-state index < -0.39 is 4.87 Å². The minimum absolute atomic E-state index is 0.0168. The molecule has 2 aromatic rings. The van der Waals surface area contributed by atoms with Crippen LogP contribution in [0, 0.1) is 6.92 Å². The van der Waals surface area contributed by atoms with Gasteiger partial charge in [-0.15, -0.1) is 11.8 Å². The van der Waals surface area contributed by atoms with E-state index in [1.54, 1.807) is 16.7 Å². The Kier molecular flexibility index (Phi) is 4.83. The molecule has 5 nitrogen and oxygen atoms in total. The fraction of sp³-hybridized carbons (Fsp3) is 0.364. The zero-order valence-electron chi connectivity index (χ0n) is 16.4. The van der Waals surface area contributed by atoms with E-state index in [0.717, 1.165) is 28.1 Å². The Labute approximate surface area is 170 Å². The molecule has 0 aromatic heterocycles. The van der Waals surface area contributed by atoms with Crippen molar-refractivity contribution in [2.24, 2.45) is 0 Å². The van der Waals surface area contributed by atoms with Crippen molar-refractivity contribution >= 4 is 29.4 Å². The van der Waals surface area contributed by atoms with Crippen LogP contribution in [-0.4, -0.2) is 35.2 Å². The highest BCUT2D eigenvalue weighted by Crippen LogP contribution is 2.54. The second-order valence-corrected chi connectivity index (χ2v) is 8.87. The second-order valence-electron chi connectivity index (χ2n) is 7.58. The number of hydrogen-bond donors (Lipinski definition) is 1. The molecule has 2 aromatic carbocycles. The first-order chi connectivity index (χ1) is 13.4. The molecular weight excluding hydrogens is 370 g/mol. The number of hydrogen-bond acceptors (Lipinski definition) is 3. The second kappa shape index (κ2) is 7.17. The van der Waals surface area contributed by atoms with Crippen LogP contribution in [-0.2, 0) is 16.2 Å². The van der Waals surface area contributed by atoms with Crippen molar-refractivity contribution in [1.82, 2.24) is 10.2 Å². The van der Waals surface area contributed by atoms with E-state index in [4.69, 9.17) is 0 Å². The zero-order valence-corrected chi connectivity index (χ0v) is 17.3. The summed E-state index contributed by atoms with van der Waals surface area (Å²) in [7, 11) is 0. The number of benzene rings is 2. The molecule has 2 heterocycles. The van der Waals surface area contributed by atoms with Gasteiger partial charge in [0.15, 0.2) is 4.87 Å². The minimum atomic E-state index is -0.961. The van der Waals surface area contributed by atoms with Gasteiger partial charge in [-0.1, -0.05) is 48.0 Å². The van der Waals surface area contributed by atoms with Crippen molar-refractivity contribution in [2.45, 2.75) is 38.2 Å². The number of anilines is 1. The third kappa shape index (κ3) is 2.87. The number of nitrogens with zero attached hydrogens (tertiary/aromatic N) is 2. The third-order valence-electron chi connectivity index (χ3n) is 5.33. The van der Waals surface area contributed by atoms with Crippen LogP contribution in [0.5, 0.6) is 0 Å². The van der Waals surface area contributed by atoms with Crippen molar-refractivity contribution in [1.29, 1.82) is 0 Å². The fourth-order valence-electron chi connectivity index (χ4n) is 4.13. The van der Waals surface area contributed by atoms with E-state index >= 15 is 0 Å². The predicted octanol–water partition coefficient (Wildman–Crippen LogP) is 3.86. The fourth-order valence-corrected chi connectivity index (χ4v) is 5.58. The van der Waals surface area contributed by atoms with Gasteiger partial charge in [-0.2, -0.15) is 0 Å². The highest BCUT2D eigenvalue weighted by molar-refractivity contribution is 8.01. The van der Waals surface area contributed by atoms with Crippen LogP contribution < -0.4 is 10.2 Å². The number of fused-ring (bicyclic) bond motifs is 2. The summed E-state index contributed by atoms with van der Waals surface area (Å²) < 4.78 is 0. The number of thioether (sulfide) groups is 1. The Balaban J connectivity index is 1.64. The minimum Gasteiger partial charge on any atom is -0.334 e. The number of urea groups is 1. The number of para-hydroxylation sites is 1. The summed E-state index contributed by atoms with van der Waals surface area (Å²) in [6.07, 6.45) is 0. The van der Waals surface area contributed by atoms with Gasteiger partial charge in [-0.3, -0.25) is 9.69 Å². The van der Waals surface area contributed by atoms with Crippen LogP contribution in [0.1, 0.15) is 30.5 Å². The molecule has 1 atom stereocenters. The molecule has 1 N–H and O–H groups in total. The lowest BCUT2D eigenvalue weighted by molar-refractivity contribution is -0.123. The van der Waals surface area contributed by atoms with Crippen LogP contribution in [0.2, 0.25) is 0 Å². The van der Waals surface area contributed by atoms with Gasteiger partial charge in [-0.05, 0) is 32.4 Å². The summed E-state index contributed by atoms with van der Waals surface area (Å²) in [5.41, 5.74) is 4.04. The van der Waals surface area contributed by atoms with E-state index in [9.17, 15) is 9.59 Å². The van der Waals surface area contributed by atoms with Gasteiger partial charge < -0.3 is 10.2 Å². The molecule has 0 radical (unpaired) electrons. The molecule has 1 fully saturated rings. The molecule has 0 aliphatic carbocycles. The van der Waals surface area contributed by atoms with Crippen molar-refractivity contribution in [2.75, 3.05) is 17.2 Å². The Morgan fingerprint density at radius 2 is 2.00 bits per heavy atom. The van der Waals surface area contributed by atoms with E-state index in [1.807, 2.05) is 68.1 Å². The first-order valence-electron chi connectivity index (χ1n) is 9.63. The van der Waals surface area contributed by atoms with Crippen LogP contribution in [0.3, 0.4) is 0 Å². The molecule has 2 aliphatic rings. The highest BCUT2D eigenvalue weighted by Gasteiger charge is 2.59. The number of amides is 3. The monoisotopic (exact) mass is 395 g/mol. The maximum atomic E-state index is 13.5. The van der Waals surface area contributed by atoms with Crippen LogP contribution >= 0.6 is 11.8 Å². The SMILES string of the molecule is Cc1cccc(CNC(=O)N2CCS[C@]23C(=O)N(C(C)C)c2ccccc23)c1. The van der Waals surface area contributed by atoms with Crippen LogP contribution in [0.25, 0.3) is 0 Å². The topological polar surface area (TPSA) is 52.7 Å². The summed E-state index contributed by atoms with van der Waals surface area (Å²) in [5.74, 6) is 0.723. The molecular formula is C22H25N3O2S. The average molecular weight is 396 g/mol. The van der Waals surface area contributed by atoms with Gasteiger partial charge >= 0.3 is 6.03 Å². The first kappa shape index (κ1) is 18.9. The predicted molar refractivity (Wildman–Crippen MR) is 113 cm³/mol. The summed E-state index contributed by atoms with van der Waals surface area (Å²) >= 11 is 1.56. The van der Waals surface area contributed by atoms with Crippen molar-refractivity contribution in [3.8, 4) is 0 Å². The van der Waals surface area contributed by atoms with Gasteiger partial charge in [0, 0.05) is 30.4 Å². The summed E-state index contributed by atoms with van der Waals surface area (Å²) in [4.78, 5) is 29.3. The highest BCUT2D eigenvalue weighted by atomic mass is 32.2. The molecule has 2 aliphatic heterocycles. The number of nitrogens with one attached hydrogen (secondary N) is 1. The van der Waals surface area contributed by atoms with E-state index in [2.05, 4.69) is 11.4 Å². The van der Waals surface area contributed by atoms with Crippen LogP contribution in [0.15, 0.2) is 48.5 Å². The average Bonchev–Trinajstić information content (AvgIpc) is 3.22. The quantitative estimate of drug-likeness (QED) is 0.859. The van der Waals surface area contributed by atoms with Gasteiger partial charge in [0.25, 0.3) is 5.91 Å². The van der Waals surface area contributed by atoms with E-state index in [1.165, 1.54) is 0 Å². The number of rotatable bonds is 3. The van der Waals surface area contributed by atoms with Gasteiger partial charge in [0.05, 0.1) is 5.69 Å². The molecule has 0 unspecified atom stereocenters. The number of aryl methyl sites for hydroxylation is 1. The lowest BCUT2D eigenvalue weighted by Gasteiger charge is -2.33. The lowest BCUT2D eigenvalue weighted by Crippen LogP contribution is -2.54. The summed E-state index contributed by atoms with van der Waals surface area (Å²) in [5, 5.41) is 3.02. The van der Waals surface area contributed by atoms with Crippen molar-refractivity contribution in [3.63, 3.8) is 0 Å². The van der Waals surface area contributed by atoms with E-state index in [0.29, 0.717) is 13.1 Å². The maximum absolute atomic E-state index is 13.5.